The summed E-state index contributed by atoms with van der Waals surface area (Å²) in [5.74, 6) is -0.476. The van der Waals surface area contributed by atoms with E-state index >= 15 is 0 Å². The van der Waals surface area contributed by atoms with E-state index in [4.69, 9.17) is 0 Å². The number of hydrogen-bond donors (Lipinski definition) is 2. The van der Waals surface area contributed by atoms with Gasteiger partial charge in [0.05, 0.1) is 9.85 Å². The number of amides is 1. The largest absolute Gasteiger partial charge is 0.388 e. The fraction of sp³-hybridized carbons (Fsp3) is 0.0714. The van der Waals surface area contributed by atoms with Crippen molar-refractivity contribution in [2.75, 3.05) is 17.7 Å². The molecule has 0 radical (unpaired) electrons. The highest BCUT2D eigenvalue weighted by atomic mass is 16.6. The Morgan fingerprint density at radius 1 is 0.913 bits per heavy atom. The van der Waals surface area contributed by atoms with E-state index in [0.29, 0.717) is 5.56 Å². The number of rotatable bonds is 5. The molecule has 9 nitrogen and oxygen atoms in total. The first-order chi connectivity index (χ1) is 10.9. The van der Waals surface area contributed by atoms with Crippen molar-refractivity contribution in [2.45, 2.75) is 0 Å². The van der Waals surface area contributed by atoms with Gasteiger partial charge in [-0.2, -0.15) is 0 Å². The Morgan fingerprint density at radius 3 is 2.00 bits per heavy atom. The van der Waals surface area contributed by atoms with Crippen LogP contribution in [0.5, 0.6) is 0 Å². The molecule has 0 aromatic heterocycles. The summed E-state index contributed by atoms with van der Waals surface area (Å²) < 4.78 is 0. The van der Waals surface area contributed by atoms with Crippen LogP contribution >= 0.6 is 0 Å². The second kappa shape index (κ2) is 6.52. The number of nitro groups is 2. The number of nitrogens with one attached hydrogen (secondary N) is 2. The van der Waals surface area contributed by atoms with E-state index in [0.717, 1.165) is 17.8 Å². The molecule has 2 rings (SSSR count). The van der Waals surface area contributed by atoms with Crippen molar-refractivity contribution in [3.8, 4) is 0 Å². The van der Waals surface area contributed by atoms with Gasteiger partial charge in [-0.3, -0.25) is 25.0 Å². The van der Waals surface area contributed by atoms with Gasteiger partial charge in [0.1, 0.15) is 0 Å². The monoisotopic (exact) mass is 316 g/mol. The number of carbonyl (C=O) groups excluding carboxylic acids is 1. The van der Waals surface area contributed by atoms with Gasteiger partial charge in [0.2, 0.25) is 0 Å². The predicted molar refractivity (Wildman–Crippen MR) is 83.7 cm³/mol. The molecule has 0 fully saturated rings. The topological polar surface area (TPSA) is 127 Å². The maximum Gasteiger partial charge on any atom is 0.348 e. The number of hydrogen-bond acceptors (Lipinski definition) is 6. The maximum atomic E-state index is 12.1. The van der Waals surface area contributed by atoms with Crippen molar-refractivity contribution < 1.29 is 14.6 Å². The normalized spacial score (nSPS) is 9.96. The number of nitro benzene ring substituents is 2. The smallest absolute Gasteiger partial charge is 0.348 e. The summed E-state index contributed by atoms with van der Waals surface area (Å²) in [4.78, 5) is 32.0. The van der Waals surface area contributed by atoms with E-state index in [-0.39, 0.29) is 5.69 Å². The molecule has 2 aromatic rings. The molecule has 0 aliphatic carbocycles. The lowest BCUT2D eigenvalue weighted by molar-refractivity contribution is -0.422. The molecule has 2 N–H and O–H groups in total. The molecule has 0 aliphatic heterocycles. The van der Waals surface area contributed by atoms with Crippen LogP contribution in [0.1, 0.15) is 10.4 Å². The van der Waals surface area contributed by atoms with E-state index in [9.17, 15) is 25.0 Å². The molecule has 0 saturated carbocycles. The highest BCUT2D eigenvalue weighted by Crippen LogP contribution is 2.29. The van der Waals surface area contributed by atoms with Crippen molar-refractivity contribution in [3.63, 3.8) is 0 Å². The fourth-order valence-electron chi connectivity index (χ4n) is 1.89. The van der Waals surface area contributed by atoms with Gasteiger partial charge in [-0.05, 0) is 30.3 Å². The van der Waals surface area contributed by atoms with Gasteiger partial charge in [0, 0.05) is 36.1 Å². The molecule has 0 atom stereocenters. The molecule has 0 saturated heterocycles. The zero-order valence-corrected chi connectivity index (χ0v) is 12.0. The van der Waals surface area contributed by atoms with Gasteiger partial charge >= 0.3 is 11.4 Å². The third-order valence-corrected chi connectivity index (χ3v) is 3.06. The Labute approximate surface area is 130 Å². The number of anilines is 2. The van der Waals surface area contributed by atoms with Gasteiger partial charge in [0.15, 0.2) is 0 Å². The van der Waals surface area contributed by atoms with Crippen molar-refractivity contribution in [1.29, 1.82) is 0 Å². The molecule has 118 valence electrons. The molecule has 0 unspecified atom stereocenters. The van der Waals surface area contributed by atoms with Crippen LogP contribution < -0.4 is 10.6 Å². The predicted octanol–water partition coefficient (Wildman–Crippen LogP) is 2.80. The Balaban J connectivity index is 2.25. The van der Waals surface area contributed by atoms with Crippen LogP contribution in [0.15, 0.2) is 42.5 Å². The van der Waals surface area contributed by atoms with E-state index in [1.165, 1.54) is 6.07 Å². The molecule has 0 aliphatic rings. The summed E-state index contributed by atoms with van der Waals surface area (Å²) in [6.45, 7) is 0. The van der Waals surface area contributed by atoms with E-state index in [1.54, 1.807) is 31.3 Å². The Hall–Kier alpha value is -3.49. The number of carbonyl (C=O) groups is 1. The second-order valence-electron chi connectivity index (χ2n) is 4.50. The maximum absolute atomic E-state index is 12.1. The molecule has 0 heterocycles. The second-order valence-corrected chi connectivity index (χ2v) is 4.50. The van der Waals surface area contributed by atoms with E-state index in [1.807, 2.05) is 0 Å². The van der Waals surface area contributed by atoms with Crippen LogP contribution in [0.25, 0.3) is 0 Å². The summed E-state index contributed by atoms with van der Waals surface area (Å²) in [6.07, 6.45) is 0. The lowest BCUT2D eigenvalue weighted by Crippen LogP contribution is -2.12. The highest BCUT2D eigenvalue weighted by Gasteiger charge is 2.24. The summed E-state index contributed by atoms with van der Waals surface area (Å²) in [5.41, 5.74) is -0.0350. The van der Waals surface area contributed by atoms with Crippen molar-refractivity contribution in [1.82, 2.24) is 0 Å². The minimum Gasteiger partial charge on any atom is -0.388 e. The van der Waals surface area contributed by atoms with Gasteiger partial charge in [-0.1, -0.05) is 0 Å². The summed E-state index contributed by atoms with van der Waals surface area (Å²) in [5, 5.41) is 27.0. The summed E-state index contributed by atoms with van der Waals surface area (Å²) in [7, 11) is 1.74. The molecular weight excluding hydrogens is 304 g/mol. The molecule has 0 spiro atoms. The minimum atomic E-state index is -0.866. The zero-order valence-electron chi connectivity index (χ0n) is 12.0. The van der Waals surface area contributed by atoms with Crippen molar-refractivity contribution >= 4 is 28.7 Å². The van der Waals surface area contributed by atoms with Crippen LogP contribution in [0.3, 0.4) is 0 Å². The summed E-state index contributed by atoms with van der Waals surface area (Å²) >= 11 is 0. The molecule has 0 bridgehead atoms. The van der Waals surface area contributed by atoms with Crippen LogP contribution in [0.4, 0.5) is 22.7 Å². The zero-order chi connectivity index (χ0) is 17.0. The summed E-state index contributed by atoms with van der Waals surface area (Å²) in [6, 6.07) is 9.75. The molecule has 2 aromatic carbocycles. The standard InChI is InChI=1S/C14H12N4O5/c1-15-10-4-2-9(3-5-10)14(19)16-11-6-7-12(17(20)21)13(8-11)18(22)23/h2-8,15H,1H3,(H,16,19). The first kappa shape index (κ1) is 15.9. The number of nitrogens with zero attached hydrogens (tertiary/aromatic N) is 2. The van der Waals surface area contributed by atoms with Gasteiger partial charge in [0.25, 0.3) is 5.91 Å². The lowest BCUT2D eigenvalue weighted by Gasteiger charge is -2.06. The molecule has 9 heteroatoms. The molecular formula is C14H12N4O5. The van der Waals surface area contributed by atoms with Gasteiger partial charge in [-0.25, -0.2) is 0 Å². The quantitative estimate of drug-likeness (QED) is 0.645. The average molecular weight is 316 g/mol. The van der Waals surface area contributed by atoms with E-state index in [2.05, 4.69) is 10.6 Å². The van der Waals surface area contributed by atoms with Crippen molar-refractivity contribution in [3.05, 3.63) is 68.3 Å². The average Bonchev–Trinajstić information content (AvgIpc) is 2.54. The van der Waals surface area contributed by atoms with Crippen LogP contribution in [-0.4, -0.2) is 22.8 Å². The van der Waals surface area contributed by atoms with Crippen molar-refractivity contribution in [2.24, 2.45) is 0 Å². The Kier molecular flexibility index (Phi) is 4.50. The van der Waals surface area contributed by atoms with Gasteiger partial charge in [-0.15, -0.1) is 0 Å². The fourth-order valence-corrected chi connectivity index (χ4v) is 1.89. The van der Waals surface area contributed by atoms with Crippen LogP contribution in [-0.2, 0) is 0 Å². The van der Waals surface area contributed by atoms with E-state index < -0.39 is 27.1 Å². The minimum absolute atomic E-state index is 0.102. The van der Waals surface area contributed by atoms with Gasteiger partial charge < -0.3 is 10.6 Å². The SMILES string of the molecule is CNc1ccc(C(=O)Nc2ccc([N+](=O)[O-])c([N+](=O)[O-])c2)cc1. The Bertz CT molecular complexity index is 773. The van der Waals surface area contributed by atoms with Crippen LogP contribution in [0, 0.1) is 20.2 Å². The van der Waals surface area contributed by atoms with Crippen LogP contribution in [0.2, 0.25) is 0 Å². The first-order valence-electron chi connectivity index (χ1n) is 6.44. The number of benzene rings is 2. The lowest BCUT2D eigenvalue weighted by atomic mass is 10.2. The third kappa shape index (κ3) is 3.59. The molecule has 23 heavy (non-hydrogen) atoms. The highest BCUT2D eigenvalue weighted by molar-refractivity contribution is 6.04. The first-order valence-corrected chi connectivity index (χ1v) is 6.44. The molecule has 1 amide bonds. The Morgan fingerprint density at radius 2 is 1.48 bits per heavy atom. The third-order valence-electron chi connectivity index (χ3n) is 3.06.